The van der Waals surface area contributed by atoms with E-state index in [-0.39, 0.29) is 42.5 Å². The summed E-state index contributed by atoms with van der Waals surface area (Å²) in [5.41, 5.74) is 5.82. The zero-order chi connectivity index (χ0) is 23.5. The summed E-state index contributed by atoms with van der Waals surface area (Å²) >= 11 is 0. The Balaban J connectivity index is 1.19. The molecule has 6 atom stereocenters. The van der Waals surface area contributed by atoms with Crippen molar-refractivity contribution in [3.05, 3.63) is 0 Å². The molecule has 0 aromatic rings. The average molecular weight is 459 g/mol. The van der Waals surface area contributed by atoms with Crippen molar-refractivity contribution in [2.75, 3.05) is 13.1 Å². The van der Waals surface area contributed by atoms with Gasteiger partial charge in [0.25, 0.3) is 0 Å². The fourth-order valence-electron chi connectivity index (χ4n) is 7.71. The Kier molecular flexibility index (Phi) is 6.10. The number of nitrogens with two attached hydrogens (primary N) is 1. The summed E-state index contributed by atoms with van der Waals surface area (Å²) in [5.74, 6) is 1.67. The number of nitrogens with one attached hydrogen (secondary N) is 1. The highest BCUT2D eigenvalue weighted by Crippen LogP contribution is 2.65. The molecular formula is C25H42BN3O4. The Morgan fingerprint density at radius 2 is 1.88 bits per heavy atom. The first-order chi connectivity index (χ1) is 15.6. The molecule has 2 bridgehead atoms. The van der Waals surface area contributed by atoms with Crippen LogP contribution >= 0.6 is 0 Å². The first-order valence-corrected chi connectivity index (χ1v) is 13.3. The molecule has 1 unspecified atom stereocenters. The van der Waals surface area contributed by atoms with Gasteiger partial charge in [-0.3, -0.25) is 9.59 Å². The van der Waals surface area contributed by atoms with Gasteiger partial charge in [0.1, 0.15) is 6.04 Å². The van der Waals surface area contributed by atoms with E-state index >= 15 is 0 Å². The van der Waals surface area contributed by atoms with E-state index in [1.54, 1.807) is 0 Å². The largest absolute Gasteiger partial charge is 0.481 e. The van der Waals surface area contributed by atoms with E-state index in [4.69, 9.17) is 15.0 Å². The van der Waals surface area contributed by atoms with Crippen LogP contribution in [0.2, 0.25) is 0 Å². The van der Waals surface area contributed by atoms with E-state index in [0.29, 0.717) is 36.3 Å². The number of nitrogens with zero attached hydrogens (tertiary/aromatic N) is 1. The van der Waals surface area contributed by atoms with E-state index in [1.807, 2.05) is 11.8 Å². The van der Waals surface area contributed by atoms with Gasteiger partial charge in [-0.1, -0.05) is 13.8 Å². The van der Waals surface area contributed by atoms with Crippen LogP contribution in [-0.4, -0.2) is 60.6 Å². The van der Waals surface area contributed by atoms with Crippen LogP contribution in [0.1, 0.15) is 79.1 Å². The van der Waals surface area contributed by atoms with Crippen molar-refractivity contribution >= 4 is 18.9 Å². The summed E-state index contributed by atoms with van der Waals surface area (Å²) in [5, 5.41) is 3.01. The van der Waals surface area contributed by atoms with Gasteiger partial charge in [0, 0.05) is 12.5 Å². The molecule has 2 amide bonds. The van der Waals surface area contributed by atoms with Crippen molar-refractivity contribution in [1.29, 1.82) is 0 Å². The van der Waals surface area contributed by atoms with Gasteiger partial charge in [-0.05, 0) is 94.9 Å². The summed E-state index contributed by atoms with van der Waals surface area (Å²) in [6, 6.07) is -0.531. The maximum atomic E-state index is 13.4. The Hall–Kier alpha value is -1.12. The fraction of sp³-hybridized carbons (Fsp3) is 0.920. The monoisotopic (exact) mass is 459 g/mol. The predicted molar refractivity (Wildman–Crippen MR) is 127 cm³/mol. The lowest BCUT2D eigenvalue weighted by Crippen LogP contribution is -2.65. The normalized spacial score (nSPS) is 42.5. The van der Waals surface area contributed by atoms with Crippen molar-refractivity contribution in [3.8, 4) is 0 Å². The Morgan fingerprint density at radius 3 is 2.55 bits per heavy atom. The zero-order valence-corrected chi connectivity index (χ0v) is 20.8. The molecule has 4 aliphatic carbocycles. The first-order valence-electron chi connectivity index (χ1n) is 13.3. The minimum absolute atomic E-state index is 0.00293. The first kappa shape index (κ1) is 23.6. The summed E-state index contributed by atoms with van der Waals surface area (Å²) in [6.45, 7) is 10.2. The predicted octanol–water partition coefficient (Wildman–Crippen LogP) is 2.51. The molecule has 0 radical (unpaired) electrons. The molecule has 3 N–H and O–H groups in total. The lowest BCUT2D eigenvalue weighted by molar-refractivity contribution is -0.199. The topological polar surface area (TPSA) is 93.9 Å². The van der Waals surface area contributed by atoms with Crippen LogP contribution < -0.4 is 11.1 Å². The lowest BCUT2D eigenvalue weighted by Gasteiger charge is -2.64. The van der Waals surface area contributed by atoms with Crippen LogP contribution in [0, 0.1) is 29.1 Å². The van der Waals surface area contributed by atoms with Gasteiger partial charge in [0.05, 0.1) is 17.6 Å². The van der Waals surface area contributed by atoms with E-state index in [0.717, 1.165) is 44.9 Å². The summed E-state index contributed by atoms with van der Waals surface area (Å²) in [7, 11) is -0.365. The Morgan fingerprint density at radius 1 is 1.15 bits per heavy atom. The molecule has 184 valence electrons. The van der Waals surface area contributed by atoms with E-state index < -0.39 is 6.04 Å². The second-order valence-electron chi connectivity index (χ2n) is 12.3. The molecule has 6 rings (SSSR count). The van der Waals surface area contributed by atoms with Crippen molar-refractivity contribution in [1.82, 2.24) is 10.2 Å². The standard InChI is InChI=1S/C25H42BN3O4/c1-15(28-22(30)17-9-7-16(14-27)8-10-17)23(31)29-11-5-6-21(29)26-32-20-13-18-12-19(24(18,2)3)25(20,4)33-26/h15-21H,5-14,27H2,1-4H3,(H,28,30)/t15-,16?,17?,18+,19+,20?,21+,25+/m1/s1. The third kappa shape index (κ3) is 3.84. The molecule has 6 aliphatic rings. The van der Waals surface area contributed by atoms with Crippen LogP contribution in [0.4, 0.5) is 0 Å². The highest BCUT2D eigenvalue weighted by atomic mass is 16.7. The number of likely N-dealkylation sites (tertiary alicyclic amines) is 1. The molecule has 2 heterocycles. The number of carbonyl (C=O) groups excluding carboxylic acids is 2. The van der Waals surface area contributed by atoms with Crippen molar-refractivity contribution in [3.63, 3.8) is 0 Å². The number of carbonyl (C=O) groups is 2. The summed E-state index contributed by atoms with van der Waals surface area (Å²) < 4.78 is 13.2. The van der Waals surface area contributed by atoms with Crippen molar-refractivity contribution in [2.24, 2.45) is 34.8 Å². The van der Waals surface area contributed by atoms with Gasteiger partial charge >= 0.3 is 7.12 Å². The minimum atomic E-state index is -0.531. The SMILES string of the molecule is C[C@@H](NC(=O)C1CCC(CN)CC1)C(=O)N1CCC[C@H]1B1OC2C[C@@H]3C[C@@H](C3(C)C)[C@]2(C)O1. The van der Waals surface area contributed by atoms with Gasteiger partial charge in [-0.25, -0.2) is 0 Å². The molecule has 6 fully saturated rings. The second kappa shape index (κ2) is 8.52. The molecule has 0 aromatic heterocycles. The molecular weight excluding hydrogens is 417 g/mol. The fourth-order valence-corrected chi connectivity index (χ4v) is 7.71. The maximum Gasteiger partial charge on any atom is 0.481 e. The molecule has 4 saturated carbocycles. The third-order valence-electron chi connectivity index (χ3n) is 10.1. The molecule has 2 aliphatic heterocycles. The van der Waals surface area contributed by atoms with Crippen LogP contribution in [0.5, 0.6) is 0 Å². The molecule has 7 nitrogen and oxygen atoms in total. The van der Waals surface area contributed by atoms with E-state index in [1.165, 1.54) is 6.42 Å². The van der Waals surface area contributed by atoms with Gasteiger partial charge in [-0.2, -0.15) is 0 Å². The molecule has 2 saturated heterocycles. The van der Waals surface area contributed by atoms with Gasteiger partial charge in [-0.15, -0.1) is 0 Å². The number of hydrogen-bond donors (Lipinski definition) is 2. The molecule has 0 aromatic carbocycles. The minimum Gasteiger partial charge on any atom is -0.404 e. The van der Waals surface area contributed by atoms with E-state index in [2.05, 4.69) is 26.1 Å². The number of hydrogen-bond acceptors (Lipinski definition) is 5. The van der Waals surface area contributed by atoms with Crippen molar-refractivity contribution < 1.29 is 18.9 Å². The smallest absolute Gasteiger partial charge is 0.404 e. The lowest BCUT2D eigenvalue weighted by atomic mass is 9.43. The highest BCUT2D eigenvalue weighted by Gasteiger charge is 2.69. The summed E-state index contributed by atoms with van der Waals surface area (Å²) in [6.07, 6.45) is 7.96. The summed E-state index contributed by atoms with van der Waals surface area (Å²) in [4.78, 5) is 28.1. The Labute approximate surface area is 199 Å². The molecule has 0 spiro atoms. The highest BCUT2D eigenvalue weighted by molar-refractivity contribution is 6.48. The zero-order valence-electron chi connectivity index (χ0n) is 20.8. The van der Waals surface area contributed by atoms with Crippen LogP contribution in [0.3, 0.4) is 0 Å². The molecule has 33 heavy (non-hydrogen) atoms. The number of rotatable bonds is 5. The van der Waals surface area contributed by atoms with Gasteiger partial charge < -0.3 is 25.3 Å². The van der Waals surface area contributed by atoms with Gasteiger partial charge in [0.2, 0.25) is 11.8 Å². The quantitative estimate of drug-likeness (QED) is 0.617. The van der Waals surface area contributed by atoms with E-state index in [9.17, 15) is 9.59 Å². The van der Waals surface area contributed by atoms with Crippen molar-refractivity contribution in [2.45, 2.75) is 103 Å². The maximum absolute atomic E-state index is 13.4. The average Bonchev–Trinajstić information content (AvgIpc) is 3.42. The van der Waals surface area contributed by atoms with Crippen LogP contribution in [0.25, 0.3) is 0 Å². The van der Waals surface area contributed by atoms with Gasteiger partial charge in [0.15, 0.2) is 0 Å². The second-order valence-corrected chi connectivity index (χ2v) is 12.3. The third-order valence-corrected chi connectivity index (χ3v) is 10.1. The Bertz CT molecular complexity index is 786. The van der Waals surface area contributed by atoms with Crippen LogP contribution in [-0.2, 0) is 18.9 Å². The molecule has 8 heteroatoms. The number of amides is 2. The van der Waals surface area contributed by atoms with Crippen LogP contribution in [0.15, 0.2) is 0 Å².